The van der Waals surface area contributed by atoms with E-state index in [2.05, 4.69) is 40.3 Å². The molecule has 0 saturated carbocycles. The lowest BCUT2D eigenvalue weighted by atomic mass is 10.1. The van der Waals surface area contributed by atoms with Crippen LogP contribution in [0.3, 0.4) is 0 Å². The van der Waals surface area contributed by atoms with E-state index >= 15 is 0 Å². The molecule has 120 valence electrons. The minimum Gasteiger partial charge on any atom is -0.459 e. The lowest BCUT2D eigenvalue weighted by Gasteiger charge is -2.23. The number of para-hydroxylation sites is 1. The number of carbonyl (C=O) groups excluding carboxylic acids is 1. The average Bonchev–Trinajstić information content (AvgIpc) is 3.23. The van der Waals surface area contributed by atoms with Crippen molar-refractivity contribution in [2.45, 2.75) is 19.4 Å². The van der Waals surface area contributed by atoms with Gasteiger partial charge in [-0.05, 0) is 49.2 Å². The summed E-state index contributed by atoms with van der Waals surface area (Å²) in [5, 5.41) is 2.78. The molecule has 0 spiro atoms. The van der Waals surface area contributed by atoms with Gasteiger partial charge in [-0.25, -0.2) is 4.98 Å². The van der Waals surface area contributed by atoms with E-state index in [1.807, 2.05) is 18.2 Å². The van der Waals surface area contributed by atoms with Crippen molar-refractivity contribution < 1.29 is 9.21 Å². The second-order valence-corrected chi connectivity index (χ2v) is 5.89. The van der Waals surface area contributed by atoms with Gasteiger partial charge in [0.25, 0.3) is 5.91 Å². The Morgan fingerprint density at radius 1 is 1.21 bits per heavy atom. The number of rotatable bonds is 3. The van der Waals surface area contributed by atoms with Gasteiger partial charge in [0.2, 0.25) is 0 Å². The van der Waals surface area contributed by atoms with Gasteiger partial charge in [-0.15, -0.1) is 0 Å². The molecule has 3 aromatic rings. The van der Waals surface area contributed by atoms with Gasteiger partial charge in [0.1, 0.15) is 5.82 Å². The molecule has 1 N–H and O–H groups in total. The highest BCUT2D eigenvalue weighted by atomic mass is 16.3. The maximum absolute atomic E-state index is 12.0. The molecule has 1 amide bonds. The largest absolute Gasteiger partial charge is 0.459 e. The highest BCUT2D eigenvalue weighted by Gasteiger charge is 2.27. The van der Waals surface area contributed by atoms with Gasteiger partial charge >= 0.3 is 0 Å². The topological polar surface area (TPSA) is 58.4 Å². The molecule has 1 unspecified atom stereocenters. The van der Waals surface area contributed by atoms with Crippen molar-refractivity contribution in [2.75, 3.05) is 10.2 Å². The third kappa shape index (κ3) is 2.54. The molecule has 1 atom stereocenters. The summed E-state index contributed by atoms with van der Waals surface area (Å²) in [4.78, 5) is 18.7. The minimum absolute atomic E-state index is 0.279. The van der Waals surface area contributed by atoms with Crippen molar-refractivity contribution in [3.63, 3.8) is 0 Å². The fourth-order valence-corrected chi connectivity index (χ4v) is 3.12. The number of nitrogens with zero attached hydrogens (tertiary/aromatic N) is 2. The number of fused-ring (bicyclic) bond motifs is 1. The SMILES string of the molecule is CC1Cc2ccccc2N1c1ccc(NC(=O)c2ccco2)cn1. The van der Waals surface area contributed by atoms with Crippen LogP contribution >= 0.6 is 0 Å². The molecule has 5 heteroatoms. The van der Waals surface area contributed by atoms with Gasteiger partial charge < -0.3 is 14.6 Å². The van der Waals surface area contributed by atoms with Crippen LogP contribution in [-0.2, 0) is 6.42 Å². The molecule has 1 aliphatic rings. The van der Waals surface area contributed by atoms with Crippen LogP contribution in [0.5, 0.6) is 0 Å². The summed E-state index contributed by atoms with van der Waals surface area (Å²) in [6.45, 7) is 2.19. The van der Waals surface area contributed by atoms with Crippen LogP contribution in [0.4, 0.5) is 17.2 Å². The van der Waals surface area contributed by atoms with Crippen LogP contribution in [0.2, 0.25) is 0 Å². The fraction of sp³-hybridized carbons (Fsp3) is 0.158. The van der Waals surface area contributed by atoms with Crippen LogP contribution in [-0.4, -0.2) is 16.9 Å². The molecule has 1 aromatic carbocycles. The van der Waals surface area contributed by atoms with Crippen LogP contribution in [0.25, 0.3) is 0 Å². The second kappa shape index (κ2) is 5.85. The number of carbonyl (C=O) groups is 1. The highest BCUT2D eigenvalue weighted by Crippen LogP contribution is 2.37. The Bertz CT molecular complexity index is 857. The van der Waals surface area contributed by atoms with E-state index in [1.54, 1.807) is 18.3 Å². The molecule has 24 heavy (non-hydrogen) atoms. The maximum atomic E-state index is 12.0. The van der Waals surface area contributed by atoms with Crippen molar-refractivity contribution in [1.82, 2.24) is 4.98 Å². The standard InChI is InChI=1S/C19H17N3O2/c1-13-11-14-5-2-3-6-16(14)22(13)18-9-8-15(12-20-18)21-19(23)17-7-4-10-24-17/h2-10,12-13H,11H2,1H3,(H,21,23). The van der Waals surface area contributed by atoms with E-state index in [9.17, 15) is 4.79 Å². The zero-order valence-electron chi connectivity index (χ0n) is 13.3. The van der Waals surface area contributed by atoms with Crippen molar-refractivity contribution >= 4 is 23.1 Å². The smallest absolute Gasteiger partial charge is 0.291 e. The van der Waals surface area contributed by atoms with Gasteiger partial charge in [0, 0.05) is 11.7 Å². The highest BCUT2D eigenvalue weighted by molar-refractivity contribution is 6.02. The van der Waals surface area contributed by atoms with Crippen LogP contribution in [0, 0.1) is 0 Å². The van der Waals surface area contributed by atoms with E-state index in [0.29, 0.717) is 11.7 Å². The molecular weight excluding hydrogens is 302 g/mol. The Morgan fingerprint density at radius 3 is 2.83 bits per heavy atom. The first-order valence-corrected chi connectivity index (χ1v) is 7.90. The Hall–Kier alpha value is -3.08. The van der Waals surface area contributed by atoms with Crippen LogP contribution in [0.1, 0.15) is 23.0 Å². The van der Waals surface area contributed by atoms with E-state index in [-0.39, 0.29) is 11.7 Å². The summed E-state index contributed by atoms with van der Waals surface area (Å²) in [5.41, 5.74) is 3.17. The molecule has 0 aliphatic carbocycles. The van der Waals surface area contributed by atoms with Crippen molar-refractivity contribution in [2.24, 2.45) is 0 Å². The van der Waals surface area contributed by atoms with Crippen LogP contribution in [0.15, 0.2) is 65.4 Å². The van der Waals surface area contributed by atoms with Gasteiger partial charge in [-0.2, -0.15) is 0 Å². The molecule has 0 bridgehead atoms. The monoisotopic (exact) mass is 319 g/mol. The fourth-order valence-electron chi connectivity index (χ4n) is 3.12. The Balaban J connectivity index is 1.55. The summed E-state index contributed by atoms with van der Waals surface area (Å²) in [7, 11) is 0. The first kappa shape index (κ1) is 14.5. The molecule has 0 saturated heterocycles. The van der Waals surface area contributed by atoms with Crippen molar-refractivity contribution in [1.29, 1.82) is 0 Å². The van der Waals surface area contributed by atoms with Crippen molar-refractivity contribution in [3.8, 4) is 0 Å². The Kier molecular flexibility index (Phi) is 3.54. The summed E-state index contributed by atoms with van der Waals surface area (Å²) >= 11 is 0. The molecule has 1 aliphatic heterocycles. The normalized spacial score (nSPS) is 16.0. The van der Waals surface area contributed by atoms with Crippen molar-refractivity contribution in [3.05, 3.63) is 72.3 Å². The molecule has 5 nitrogen and oxygen atoms in total. The average molecular weight is 319 g/mol. The summed E-state index contributed by atoms with van der Waals surface area (Å²) in [6, 6.07) is 15.8. The predicted octanol–water partition coefficient (Wildman–Crippen LogP) is 4.01. The van der Waals surface area contributed by atoms with Gasteiger partial charge in [0.15, 0.2) is 5.76 Å². The number of furan rings is 1. The first-order chi connectivity index (χ1) is 11.7. The number of anilines is 3. The predicted molar refractivity (Wildman–Crippen MR) is 92.6 cm³/mol. The molecule has 3 heterocycles. The summed E-state index contributed by atoms with van der Waals surface area (Å²) in [6.07, 6.45) is 4.15. The third-order valence-corrected chi connectivity index (χ3v) is 4.20. The number of benzene rings is 1. The van der Waals surface area contributed by atoms with Gasteiger partial charge in [-0.3, -0.25) is 4.79 Å². The van der Waals surface area contributed by atoms with E-state index in [4.69, 9.17) is 4.42 Å². The van der Waals surface area contributed by atoms with Crippen LogP contribution < -0.4 is 10.2 Å². The number of nitrogens with one attached hydrogen (secondary N) is 1. The molecule has 2 aromatic heterocycles. The zero-order valence-corrected chi connectivity index (χ0v) is 13.3. The van der Waals surface area contributed by atoms with Gasteiger partial charge in [-0.1, -0.05) is 18.2 Å². The maximum Gasteiger partial charge on any atom is 0.291 e. The Morgan fingerprint density at radius 2 is 2.08 bits per heavy atom. The Labute approximate surface area is 139 Å². The number of hydrogen-bond donors (Lipinski definition) is 1. The first-order valence-electron chi connectivity index (χ1n) is 7.90. The quantitative estimate of drug-likeness (QED) is 0.792. The minimum atomic E-state index is -0.283. The third-order valence-electron chi connectivity index (χ3n) is 4.20. The lowest BCUT2D eigenvalue weighted by Crippen LogP contribution is -2.24. The number of aromatic nitrogens is 1. The van der Waals surface area contributed by atoms with Gasteiger partial charge in [0.05, 0.1) is 18.1 Å². The second-order valence-electron chi connectivity index (χ2n) is 5.89. The van der Waals surface area contributed by atoms with E-state index in [1.165, 1.54) is 17.5 Å². The summed E-state index contributed by atoms with van der Waals surface area (Å²) in [5.74, 6) is 0.874. The summed E-state index contributed by atoms with van der Waals surface area (Å²) < 4.78 is 5.08. The number of amides is 1. The number of pyridine rings is 1. The molecule has 0 radical (unpaired) electrons. The molecule has 0 fully saturated rings. The van der Waals surface area contributed by atoms with E-state index in [0.717, 1.165) is 12.2 Å². The molecule has 4 rings (SSSR count). The number of hydrogen-bond acceptors (Lipinski definition) is 4. The lowest BCUT2D eigenvalue weighted by molar-refractivity contribution is 0.0996. The zero-order chi connectivity index (χ0) is 16.5. The molecular formula is C19H17N3O2. The van der Waals surface area contributed by atoms with E-state index < -0.39 is 0 Å².